The molecule has 1 N–H and O–H groups in total. The molecule has 0 spiro atoms. The van der Waals surface area contributed by atoms with Crippen LogP contribution in [0.2, 0.25) is 0 Å². The molecular weight excluding hydrogens is 366 g/mol. The van der Waals surface area contributed by atoms with Crippen molar-refractivity contribution < 1.29 is 19.1 Å². The van der Waals surface area contributed by atoms with Crippen molar-refractivity contribution in [3.63, 3.8) is 0 Å². The second kappa shape index (κ2) is 7.80. The average molecular weight is 387 g/mol. The molecule has 3 aromatic rings. The Morgan fingerprint density at radius 1 is 0.862 bits per heavy atom. The van der Waals surface area contributed by atoms with Crippen LogP contribution in [0.4, 0.5) is 0 Å². The molecule has 0 bridgehead atoms. The van der Waals surface area contributed by atoms with Gasteiger partial charge in [0.05, 0.1) is 14.2 Å². The van der Waals surface area contributed by atoms with Gasteiger partial charge in [0.2, 0.25) is 0 Å². The molecule has 146 valence electrons. The standard InChI is InChI=1S/C24H21NO4/c1-28-17-8-10-22(29-2)15(13-17)11-12-25-24(27)16-7-9-19-18-5-3-4-6-20(18)23(26)21(19)14-16/h3-10,13-14H,11-12H2,1-2H3,(H,25,27). The van der Waals surface area contributed by atoms with E-state index in [4.69, 9.17) is 9.47 Å². The maximum atomic E-state index is 12.6. The quantitative estimate of drug-likeness (QED) is 0.545. The number of amides is 1. The minimum absolute atomic E-state index is 0.0358. The molecule has 5 heteroatoms. The van der Waals surface area contributed by atoms with Crippen LogP contribution in [0.3, 0.4) is 0 Å². The van der Waals surface area contributed by atoms with E-state index >= 15 is 0 Å². The van der Waals surface area contributed by atoms with Crippen LogP contribution in [0.25, 0.3) is 11.1 Å². The topological polar surface area (TPSA) is 64.6 Å². The molecule has 0 saturated heterocycles. The molecule has 0 radical (unpaired) electrons. The van der Waals surface area contributed by atoms with Crippen LogP contribution in [0.5, 0.6) is 11.5 Å². The van der Waals surface area contributed by atoms with Crippen molar-refractivity contribution >= 4 is 11.7 Å². The van der Waals surface area contributed by atoms with Crippen molar-refractivity contribution in [2.45, 2.75) is 6.42 Å². The Labute approximate surface area is 169 Å². The maximum absolute atomic E-state index is 12.6. The Balaban J connectivity index is 1.46. The number of hydrogen-bond donors (Lipinski definition) is 1. The molecular formula is C24H21NO4. The summed E-state index contributed by atoms with van der Waals surface area (Å²) in [6.45, 7) is 0.438. The van der Waals surface area contributed by atoms with Crippen LogP contribution in [-0.2, 0) is 6.42 Å². The van der Waals surface area contributed by atoms with Gasteiger partial charge in [-0.15, -0.1) is 0 Å². The van der Waals surface area contributed by atoms with Crippen LogP contribution in [-0.4, -0.2) is 32.5 Å². The second-order valence-corrected chi connectivity index (χ2v) is 6.82. The van der Waals surface area contributed by atoms with E-state index in [2.05, 4.69) is 5.32 Å². The lowest BCUT2D eigenvalue weighted by Crippen LogP contribution is -2.26. The van der Waals surface area contributed by atoms with Crippen LogP contribution in [0.15, 0.2) is 60.7 Å². The Morgan fingerprint density at radius 3 is 2.38 bits per heavy atom. The van der Waals surface area contributed by atoms with Gasteiger partial charge in [0.25, 0.3) is 5.91 Å². The molecule has 0 aromatic heterocycles. The van der Waals surface area contributed by atoms with Crippen molar-refractivity contribution in [2.24, 2.45) is 0 Å². The summed E-state index contributed by atoms with van der Waals surface area (Å²) >= 11 is 0. The number of nitrogens with one attached hydrogen (secondary N) is 1. The predicted molar refractivity (Wildman–Crippen MR) is 111 cm³/mol. The number of carbonyl (C=O) groups excluding carboxylic acids is 2. The highest BCUT2D eigenvalue weighted by Gasteiger charge is 2.26. The van der Waals surface area contributed by atoms with Crippen LogP contribution in [0.1, 0.15) is 31.8 Å². The van der Waals surface area contributed by atoms with E-state index in [1.54, 1.807) is 26.4 Å². The fraction of sp³-hybridized carbons (Fsp3) is 0.167. The number of methoxy groups -OCH3 is 2. The van der Waals surface area contributed by atoms with E-state index in [0.29, 0.717) is 29.7 Å². The molecule has 0 fully saturated rings. The average Bonchev–Trinajstić information content (AvgIpc) is 3.05. The van der Waals surface area contributed by atoms with E-state index in [1.807, 2.05) is 48.5 Å². The van der Waals surface area contributed by atoms with Gasteiger partial charge in [-0.1, -0.05) is 30.3 Å². The summed E-state index contributed by atoms with van der Waals surface area (Å²) in [5.41, 5.74) is 4.49. The molecule has 0 heterocycles. The lowest BCUT2D eigenvalue weighted by atomic mass is 10.0. The zero-order valence-electron chi connectivity index (χ0n) is 16.3. The van der Waals surface area contributed by atoms with Crippen molar-refractivity contribution in [3.8, 4) is 22.6 Å². The molecule has 0 saturated carbocycles. The highest BCUT2D eigenvalue weighted by Crippen LogP contribution is 2.36. The number of ether oxygens (including phenoxy) is 2. The molecule has 3 aromatic carbocycles. The van der Waals surface area contributed by atoms with Crippen molar-refractivity contribution in [1.82, 2.24) is 5.32 Å². The van der Waals surface area contributed by atoms with Gasteiger partial charge in [0, 0.05) is 23.2 Å². The van der Waals surface area contributed by atoms with Gasteiger partial charge in [-0.05, 0) is 53.4 Å². The number of hydrogen-bond acceptors (Lipinski definition) is 4. The fourth-order valence-corrected chi connectivity index (χ4v) is 3.66. The number of rotatable bonds is 6. The zero-order valence-corrected chi connectivity index (χ0v) is 16.3. The molecule has 0 aliphatic heterocycles. The summed E-state index contributed by atoms with van der Waals surface area (Å²) in [7, 11) is 3.23. The lowest BCUT2D eigenvalue weighted by molar-refractivity contribution is 0.0954. The minimum atomic E-state index is -0.210. The third-order valence-electron chi connectivity index (χ3n) is 5.16. The van der Waals surface area contributed by atoms with Gasteiger partial charge in [0.15, 0.2) is 5.78 Å². The first-order valence-corrected chi connectivity index (χ1v) is 9.39. The Morgan fingerprint density at radius 2 is 1.62 bits per heavy atom. The third-order valence-corrected chi connectivity index (χ3v) is 5.16. The molecule has 4 rings (SSSR count). The monoisotopic (exact) mass is 387 g/mol. The van der Waals surface area contributed by atoms with E-state index in [-0.39, 0.29) is 11.7 Å². The smallest absolute Gasteiger partial charge is 0.251 e. The largest absolute Gasteiger partial charge is 0.497 e. The number of carbonyl (C=O) groups is 2. The van der Waals surface area contributed by atoms with E-state index in [9.17, 15) is 9.59 Å². The van der Waals surface area contributed by atoms with Crippen LogP contribution in [0, 0.1) is 0 Å². The fourth-order valence-electron chi connectivity index (χ4n) is 3.66. The van der Waals surface area contributed by atoms with Crippen molar-refractivity contribution in [2.75, 3.05) is 20.8 Å². The molecule has 29 heavy (non-hydrogen) atoms. The van der Waals surface area contributed by atoms with E-state index in [0.717, 1.165) is 28.2 Å². The van der Waals surface area contributed by atoms with Gasteiger partial charge < -0.3 is 14.8 Å². The molecule has 0 atom stereocenters. The lowest BCUT2D eigenvalue weighted by Gasteiger charge is -2.11. The molecule has 1 aliphatic rings. The first-order valence-electron chi connectivity index (χ1n) is 9.39. The number of fused-ring (bicyclic) bond motifs is 3. The summed E-state index contributed by atoms with van der Waals surface area (Å²) in [5.74, 6) is 1.24. The minimum Gasteiger partial charge on any atom is -0.497 e. The van der Waals surface area contributed by atoms with Gasteiger partial charge in [-0.3, -0.25) is 9.59 Å². The first kappa shape index (κ1) is 18.7. The van der Waals surface area contributed by atoms with Gasteiger partial charge in [-0.2, -0.15) is 0 Å². The molecule has 1 aliphatic carbocycles. The Bertz CT molecular complexity index is 1100. The molecule has 0 unspecified atom stereocenters. The van der Waals surface area contributed by atoms with Gasteiger partial charge in [-0.25, -0.2) is 0 Å². The van der Waals surface area contributed by atoms with Gasteiger partial charge in [0.1, 0.15) is 11.5 Å². The van der Waals surface area contributed by atoms with E-state index < -0.39 is 0 Å². The Hall–Kier alpha value is -3.60. The zero-order chi connectivity index (χ0) is 20.4. The van der Waals surface area contributed by atoms with Crippen LogP contribution < -0.4 is 14.8 Å². The first-order chi connectivity index (χ1) is 14.1. The van der Waals surface area contributed by atoms with Crippen molar-refractivity contribution in [1.29, 1.82) is 0 Å². The summed E-state index contributed by atoms with van der Waals surface area (Å²) in [5, 5.41) is 2.92. The SMILES string of the molecule is COc1ccc(OC)c(CCNC(=O)c2ccc3c(c2)C(=O)c2ccccc2-3)c1. The van der Waals surface area contributed by atoms with E-state index in [1.165, 1.54) is 0 Å². The predicted octanol–water partition coefficient (Wildman–Crippen LogP) is 3.89. The highest BCUT2D eigenvalue weighted by atomic mass is 16.5. The molecule has 1 amide bonds. The number of ketones is 1. The van der Waals surface area contributed by atoms with Crippen molar-refractivity contribution in [3.05, 3.63) is 82.9 Å². The summed E-state index contributed by atoms with van der Waals surface area (Å²) < 4.78 is 10.6. The third kappa shape index (κ3) is 3.47. The van der Waals surface area contributed by atoms with Gasteiger partial charge >= 0.3 is 0 Å². The number of benzene rings is 3. The highest BCUT2D eigenvalue weighted by molar-refractivity contribution is 6.22. The maximum Gasteiger partial charge on any atom is 0.251 e. The molecule has 5 nitrogen and oxygen atoms in total. The van der Waals surface area contributed by atoms with Crippen LogP contribution >= 0.6 is 0 Å². The summed E-state index contributed by atoms with van der Waals surface area (Å²) in [6.07, 6.45) is 0.599. The Kier molecular flexibility index (Phi) is 5.04. The normalized spacial score (nSPS) is 11.6. The second-order valence-electron chi connectivity index (χ2n) is 6.82. The summed E-state index contributed by atoms with van der Waals surface area (Å²) in [4.78, 5) is 25.2. The summed E-state index contributed by atoms with van der Waals surface area (Å²) in [6, 6.07) is 18.4.